The van der Waals surface area contributed by atoms with E-state index in [9.17, 15) is 34.9 Å². The van der Waals surface area contributed by atoms with Crippen molar-refractivity contribution in [3.8, 4) is 0 Å². The van der Waals surface area contributed by atoms with E-state index in [4.69, 9.17) is 4.55 Å². The topological polar surface area (TPSA) is 297 Å². The predicted octanol–water partition coefficient (Wildman–Crippen LogP) is 6.93. The second kappa shape index (κ2) is 18.6. The zero-order chi connectivity index (χ0) is 43.1. The molecule has 0 spiro atoms. The van der Waals surface area contributed by atoms with Gasteiger partial charge in [0.1, 0.15) is 16.4 Å². The van der Waals surface area contributed by atoms with Crippen molar-refractivity contribution in [2.45, 2.75) is 49.3 Å². The maximum atomic E-state index is 12.6. The van der Waals surface area contributed by atoms with Crippen LogP contribution in [0.25, 0.3) is 0 Å². The Morgan fingerprint density at radius 1 is 0.700 bits per heavy atom. The number of aryl methyl sites for hydroxylation is 4. The van der Waals surface area contributed by atoms with E-state index in [0.29, 0.717) is 17.2 Å². The number of anilines is 5. The average molecular weight is 881 g/mol. The van der Waals surface area contributed by atoms with Crippen molar-refractivity contribution in [1.82, 2.24) is 15.0 Å². The van der Waals surface area contributed by atoms with Crippen LogP contribution in [0.15, 0.2) is 103 Å². The van der Waals surface area contributed by atoms with Crippen LogP contribution >= 0.6 is 0 Å². The second-order valence-corrected chi connectivity index (χ2v) is 18.0. The quantitative estimate of drug-likeness (QED) is 0.0407. The average Bonchev–Trinajstić information content (AvgIpc) is 3.18. The van der Waals surface area contributed by atoms with Crippen LogP contribution in [0.3, 0.4) is 0 Å². The zero-order valence-corrected chi connectivity index (χ0v) is 34.6. The maximum absolute atomic E-state index is 12.6. The Balaban J connectivity index is 1.24. The van der Waals surface area contributed by atoms with E-state index >= 15 is 0 Å². The standard InChI is InChI=1S/C37H40N10O10S3/c1-23-19-28(11-14-31(23)46-45-29-8-7-25-5-3-4-6-26(25)20-29)41-36-39-24(2)40-37(43-36)42-32-21-34(38-15-16-48)35(59(51,52)53)22-33(32)47-44-27-9-12-30(13-10-27)58(49,50)18-17-57-60(54,55)56/h7-14,19-22,38,48H,3-6,15-18H2,1-2H3,(H,51,52,53)(H,54,55,56)(H2,39,40,41,42,43). The number of benzene rings is 4. The van der Waals surface area contributed by atoms with Gasteiger partial charge in [0.2, 0.25) is 11.9 Å². The summed E-state index contributed by atoms with van der Waals surface area (Å²) in [6.45, 7) is 2.28. The Labute approximate surface area is 346 Å². The van der Waals surface area contributed by atoms with Crippen LogP contribution < -0.4 is 16.0 Å². The predicted molar refractivity (Wildman–Crippen MR) is 222 cm³/mol. The minimum Gasteiger partial charge on any atom is -0.395 e. The summed E-state index contributed by atoms with van der Waals surface area (Å²) in [5, 5.41) is 35.5. The van der Waals surface area contributed by atoms with Gasteiger partial charge < -0.3 is 21.1 Å². The molecule has 6 N–H and O–H groups in total. The van der Waals surface area contributed by atoms with Gasteiger partial charge in [0.25, 0.3) is 10.1 Å². The van der Waals surface area contributed by atoms with E-state index in [0.717, 1.165) is 30.2 Å². The number of aliphatic hydroxyl groups excluding tert-OH is 1. The van der Waals surface area contributed by atoms with E-state index in [1.54, 1.807) is 13.0 Å². The number of aromatic nitrogens is 3. The largest absolute Gasteiger partial charge is 0.397 e. The molecule has 0 bridgehead atoms. The SMILES string of the molecule is Cc1nc(Nc2ccc(N=Nc3ccc4c(c3)CCCC4)c(C)c2)nc(Nc2cc(NCCO)c(S(=O)(=O)O)cc2N=Nc2ccc(S(=O)(=O)CCOS(=O)(=O)O)cc2)n1. The van der Waals surface area contributed by atoms with Crippen molar-refractivity contribution in [3.63, 3.8) is 0 Å². The fourth-order valence-electron chi connectivity index (χ4n) is 6.07. The van der Waals surface area contributed by atoms with Crippen molar-refractivity contribution in [3.05, 3.63) is 95.3 Å². The first-order chi connectivity index (χ1) is 28.5. The summed E-state index contributed by atoms with van der Waals surface area (Å²) >= 11 is 0. The molecule has 316 valence electrons. The van der Waals surface area contributed by atoms with Crippen molar-refractivity contribution in [2.75, 3.05) is 41.5 Å². The van der Waals surface area contributed by atoms with Crippen molar-refractivity contribution in [1.29, 1.82) is 0 Å². The van der Waals surface area contributed by atoms with Crippen molar-refractivity contribution < 1.29 is 43.6 Å². The third-order valence-corrected chi connectivity index (χ3v) is 12.0. The Bertz CT molecular complexity index is 2790. The highest BCUT2D eigenvalue weighted by Crippen LogP contribution is 2.37. The fourth-order valence-corrected chi connectivity index (χ4v) is 8.23. The van der Waals surface area contributed by atoms with Gasteiger partial charge in [-0.25, -0.2) is 12.6 Å². The number of sulfone groups is 1. The van der Waals surface area contributed by atoms with Crippen LogP contribution in [0, 0.1) is 13.8 Å². The van der Waals surface area contributed by atoms with Gasteiger partial charge in [-0.1, -0.05) is 6.07 Å². The van der Waals surface area contributed by atoms with Gasteiger partial charge >= 0.3 is 10.4 Å². The first kappa shape index (κ1) is 43.8. The van der Waals surface area contributed by atoms with Crippen molar-refractivity contribution >= 4 is 82.1 Å². The molecule has 4 aromatic carbocycles. The van der Waals surface area contributed by atoms with Gasteiger partial charge in [-0.15, -0.1) is 5.11 Å². The second-order valence-electron chi connectivity index (χ2n) is 13.4. The molecule has 0 aliphatic heterocycles. The van der Waals surface area contributed by atoms with Crippen LogP contribution in [0.4, 0.5) is 51.7 Å². The summed E-state index contributed by atoms with van der Waals surface area (Å²) in [5.74, 6) is -0.281. The van der Waals surface area contributed by atoms with Crippen LogP contribution in [0.2, 0.25) is 0 Å². The number of nitrogens with zero attached hydrogens (tertiary/aromatic N) is 7. The molecule has 1 heterocycles. The van der Waals surface area contributed by atoms with E-state index in [2.05, 4.69) is 67.7 Å². The van der Waals surface area contributed by atoms with E-state index in [1.807, 2.05) is 25.1 Å². The summed E-state index contributed by atoms with van der Waals surface area (Å²) < 4.78 is 94.5. The number of hydrogen-bond acceptors (Lipinski definition) is 18. The lowest BCUT2D eigenvalue weighted by atomic mass is 9.91. The molecule has 20 nitrogen and oxygen atoms in total. The third kappa shape index (κ3) is 11.9. The summed E-state index contributed by atoms with van der Waals surface area (Å²) in [6.07, 6.45) is 4.50. The number of azo groups is 2. The lowest BCUT2D eigenvalue weighted by Gasteiger charge is -2.15. The molecule has 1 aromatic heterocycles. The normalized spacial score (nSPS) is 13.4. The third-order valence-electron chi connectivity index (χ3n) is 8.91. The summed E-state index contributed by atoms with van der Waals surface area (Å²) in [5.41, 5.74) is 5.64. The Hall–Kier alpha value is -5.82. The molecule has 23 heteroatoms. The molecule has 0 amide bonds. The highest BCUT2D eigenvalue weighted by atomic mass is 32.3. The first-order valence-corrected chi connectivity index (χ1v) is 22.7. The highest BCUT2D eigenvalue weighted by Gasteiger charge is 2.21. The highest BCUT2D eigenvalue weighted by molar-refractivity contribution is 7.91. The lowest BCUT2D eigenvalue weighted by molar-refractivity contribution is 0.284. The van der Waals surface area contributed by atoms with Gasteiger partial charge in [0, 0.05) is 12.2 Å². The minimum atomic E-state index is -4.84. The first-order valence-electron chi connectivity index (χ1n) is 18.2. The number of nitrogens with one attached hydrogen (secondary N) is 3. The number of rotatable bonds is 17. The molecule has 60 heavy (non-hydrogen) atoms. The molecule has 0 fully saturated rings. The lowest BCUT2D eigenvalue weighted by Crippen LogP contribution is -2.15. The molecule has 5 aromatic rings. The van der Waals surface area contributed by atoms with E-state index < -0.39 is 47.6 Å². The zero-order valence-electron chi connectivity index (χ0n) is 32.1. The van der Waals surface area contributed by atoms with Gasteiger partial charge in [0.15, 0.2) is 9.84 Å². The van der Waals surface area contributed by atoms with Crippen LogP contribution in [0.1, 0.15) is 35.4 Å². The van der Waals surface area contributed by atoms with Gasteiger partial charge in [-0.3, -0.25) is 9.11 Å². The number of hydrogen-bond donors (Lipinski definition) is 6. The van der Waals surface area contributed by atoms with Gasteiger partial charge in [-0.2, -0.15) is 47.1 Å². The molecule has 6 rings (SSSR count). The molecular formula is C37H40N10O10S3. The molecule has 1 aliphatic carbocycles. The molecule has 1 aliphatic rings. The van der Waals surface area contributed by atoms with E-state index in [1.165, 1.54) is 54.3 Å². The minimum absolute atomic E-state index is 0.00823. The van der Waals surface area contributed by atoms with Gasteiger partial charge in [0.05, 0.1) is 52.3 Å². The summed E-state index contributed by atoms with van der Waals surface area (Å²) in [7, 11) is -13.7. The van der Waals surface area contributed by atoms with Crippen LogP contribution in [-0.4, -0.2) is 79.9 Å². The summed E-state index contributed by atoms with van der Waals surface area (Å²) in [6, 6.07) is 18.9. The number of fused-ring (bicyclic) bond motifs is 1. The monoisotopic (exact) mass is 880 g/mol. The van der Waals surface area contributed by atoms with E-state index in [-0.39, 0.29) is 52.7 Å². The maximum Gasteiger partial charge on any atom is 0.397 e. The fraction of sp³-hybridized carbons (Fsp3) is 0.270. The Morgan fingerprint density at radius 3 is 2.05 bits per heavy atom. The Kier molecular flexibility index (Phi) is 13.6. The smallest absolute Gasteiger partial charge is 0.395 e. The van der Waals surface area contributed by atoms with Crippen molar-refractivity contribution in [2.24, 2.45) is 20.5 Å². The van der Waals surface area contributed by atoms with Crippen LogP contribution in [-0.2, 0) is 47.4 Å². The molecule has 0 saturated heterocycles. The molecule has 0 radical (unpaired) electrons. The Morgan fingerprint density at radius 2 is 1.37 bits per heavy atom. The van der Waals surface area contributed by atoms with Crippen LogP contribution in [0.5, 0.6) is 0 Å². The number of aliphatic hydroxyl groups is 1. The molecule has 0 unspecified atom stereocenters. The van der Waals surface area contributed by atoms with Gasteiger partial charge in [-0.05, 0) is 123 Å². The molecular weight excluding hydrogens is 841 g/mol. The summed E-state index contributed by atoms with van der Waals surface area (Å²) in [4.78, 5) is 12.4. The molecule has 0 atom stereocenters. The molecule has 0 saturated carbocycles.